The van der Waals surface area contributed by atoms with E-state index in [1.165, 1.54) is 24.3 Å². The molecule has 0 saturated heterocycles. The summed E-state index contributed by atoms with van der Waals surface area (Å²) < 4.78 is 11.9. The van der Waals surface area contributed by atoms with Crippen LogP contribution in [0.15, 0.2) is 24.3 Å². The van der Waals surface area contributed by atoms with Crippen LogP contribution in [0.25, 0.3) is 0 Å². The Bertz CT molecular complexity index is 138. The molecule has 1 radical (unpaired) electrons. The van der Waals surface area contributed by atoms with E-state index in [-0.39, 0.29) is 7.24 Å². The standard InChI is InChI=1S/C6H4F/c7-6-4-2-1-3-5-6/h2-5H/p+1. The first-order valence-electron chi connectivity index (χ1n) is 2.01. The van der Waals surface area contributed by atoms with E-state index in [4.69, 9.17) is 0 Å². The lowest BCUT2D eigenvalue weighted by Gasteiger charge is -1.77. The molecule has 1 rings (SSSR count). The number of hydrogen-bond acceptors (Lipinski definition) is 0. The predicted octanol–water partition coefficient (Wildman–Crippen LogP) is 1.74. The van der Waals surface area contributed by atoms with Gasteiger partial charge >= 0.3 is 1.43 Å². The molecule has 1 aromatic carbocycles. The van der Waals surface area contributed by atoms with Gasteiger partial charge in [-0.05, 0) is 18.2 Å². The first-order valence-corrected chi connectivity index (χ1v) is 2.01. The van der Waals surface area contributed by atoms with Gasteiger partial charge in [-0.1, -0.05) is 12.1 Å². The van der Waals surface area contributed by atoms with E-state index >= 15 is 0 Å². The molecule has 0 aliphatic heterocycles. The minimum Gasteiger partial charge on any atom is -0.207 e. The van der Waals surface area contributed by atoms with Crippen molar-refractivity contribution in [1.29, 1.82) is 0 Å². The second kappa shape index (κ2) is 1.73. The molecule has 7 heavy (non-hydrogen) atoms. The first kappa shape index (κ1) is 4.31. The van der Waals surface area contributed by atoms with Crippen LogP contribution in [0.5, 0.6) is 0 Å². The average molecular weight is 96.1 g/mol. The van der Waals surface area contributed by atoms with Gasteiger partial charge in [0, 0.05) is 0 Å². The number of benzene rings is 1. The van der Waals surface area contributed by atoms with E-state index in [9.17, 15) is 4.39 Å². The lowest BCUT2D eigenvalue weighted by atomic mass is 10.4. The molecule has 0 aliphatic rings. The smallest absolute Gasteiger partial charge is 0.207 e. The number of hydrogen-bond donors (Lipinski definition) is 0. The van der Waals surface area contributed by atoms with Gasteiger partial charge in [0.05, 0.1) is 0 Å². The topological polar surface area (TPSA) is 0 Å². The molecule has 35 valence electrons. The lowest BCUT2D eigenvalue weighted by molar-refractivity contribution is 0.628. The Kier molecular flexibility index (Phi) is 1.07. The highest BCUT2D eigenvalue weighted by Gasteiger charge is 1.77. The summed E-state index contributed by atoms with van der Waals surface area (Å²) in [5.41, 5.74) is 0. The van der Waals surface area contributed by atoms with Gasteiger partial charge in [0.2, 0.25) is 0 Å². The van der Waals surface area contributed by atoms with Gasteiger partial charge < -0.3 is 0 Å². The predicted molar refractivity (Wildman–Crippen MR) is 26.3 cm³/mol. The maximum Gasteiger partial charge on any atom is 1.00 e. The van der Waals surface area contributed by atoms with E-state index in [2.05, 4.69) is 6.07 Å². The van der Waals surface area contributed by atoms with Crippen molar-refractivity contribution < 1.29 is 5.82 Å². The van der Waals surface area contributed by atoms with Crippen molar-refractivity contribution >= 4 is 0 Å². The highest BCUT2D eigenvalue weighted by molar-refractivity contribution is 5.00. The zero-order valence-corrected chi connectivity index (χ0v) is 3.69. The van der Waals surface area contributed by atoms with E-state index in [0.717, 1.165) is 0 Å². The van der Waals surface area contributed by atoms with Crippen LogP contribution >= 0.6 is 0 Å². The Morgan fingerprint density at radius 1 is 1.43 bits per heavy atom. The first-order chi connectivity index (χ1) is 3.39. The monoisotopic (exact) mass is 96.0 g/mol. The summed E-state index contributed by atoms with van der Waals surface area (Å²) in [7, 11) is 0. The molecular weight excluding hydrogens is 91.1 g/mol. The molecule has 0 N–H and O–H groups in total. The fraction of sp³-hybridized carbons (Fsp3) is 0. The van der Waals surface area contributed by atoms with E-state index in [1.54, 1.807) is 0 Å². The molecule has 0 unspecified atom stereocenters. The quantitative estimate of drug-likeness (QED) is 0.461. The van der Waals surface area contributed by atoms with Crippen LogP contribution in [0.4, 0.5) is 4.39 Å². The number of halogens is 1. The highest BCUT2D eigenvalue weighted by atomic mass is 19.1. The Balaban J connectivity index is 0.000000490. The minimum atomic E-state index is -0.209. The van der Waals surface area contributed by atoms with Crippen molar-refractivity contribution in [2.75, 3.05) is 0 Å². The Hall–Kier alpha value is -0.850. The molecule has 0 saturated carbocycles. The molecule has 1 heteroatoms. The minimum absolute atomic E-state index is 0. The highest BCUT2D eigenvalue weighted by Crippen LogP contribution is 1.91. The summed E-state index contributed by atoms with van der Waals surface area (Å²) in [4.78, 5) is 0. The van der Waals surface area contributed by atoms with E-state index in [0.29, 0.717) is 0 Å². The second-order valence-electron chi connectivity index (χ2n) is 1.22. The maximum absolute atomic E-state index is 11.9. The summed E-state index contributed by atoms with van der Waals surface area (Å²) in [6, 6.07) is 8.49. The van der Waals surface area contributed by atoms with Gasteiger partial charge in [-0.3, -0.25) is 0 Å². The molecule has 0 heterocycles. The molecule has 1 aromatic rings. The summed E-state index contributed by atoms with van der Waals surface area (Å²) in [5, 5.41) is 0. The van der Waals surface area contributed by atoms with Gasteiger partial charge in [-0.15, -0.1) is 0 Å². The average Bonchev–Trinajstić information content (AvgIpc) is 1.69. The zero-order valence-electron chi connectivity index (χ0n) is 4.69. The maximum atomic E-state index is 11.9. The third kappa shape index (κ3) is 1.000. The largest absolute Gasteiger partial charge is 1.00 e. The van der Waals surface area contributed by atoms with Crippen LogP contribution in [-0.2, 0) is 0 Å². The van der Waals surface area contributed by atoms with Crippen molar-refractivity contribution in [3.8, 4) is 0 Å². The lowest BCUT2D eigenvalue weighted by Crippen LogP contribution is -1.64. The fourth-order valence-electron chi connectivity index (χ4n) is 0.367. The van der Waals surface area contributed by atoms with Gasteiger partial charge in [0.25, 0.3) is 0 Å². The normalized spacial score (nSPS) is 8.71. The molecule has 0 amide bonds. The second-order valence-corrected chi connectivity index (χ2v) is 1.22. The third-order valence-corrected chi connectivity index (χ3v) is 0.678. The summed E-state index contributed by atoms with van der Waals surface area (Å²) in [6.45, 7) is 0. The Morgan fingerprint density at radius 3 is 2.29 bits per heavy atom. The molecule has 0 aromatic heterocycles. The van der Waals surface area contributed by atoms with Gasteiger partial charge in [0.15, 0.2) is 0 Å². The van der Waals surface area contributed by atoms with Crippen molar-refractivity contribution in [2.24, 2.45) is 0 Å². The van der Waals surface area contributed by atoms with Gasteiger partial charge in [-0.2, -0.15) is 0 Å². The Labute approximate surface area is 43.1 Å². The van der Waals surface area contributed by atoms with Crippen molar-refractivity contribution in [3.05, 3.63) is 36.1 Å². The summed E-state index contributed by atoms with van der Waals surface area (Å²) >= 11 is 0. The van der Waals surface area contributed by atoms with E-state index < -0.39 is 0 Å². The van der Waals surface area contributed by atoms with Crippen LogP contribution in [0.2, 0.25) is 0 Å². The fourth-order valence-corrected chi connectivity index (χ4v) is 0.367. The van der Waals surface area contributed by atoms with Crippen LogP contribution in [0.1, 0.15) is 1.43 Å². The van der Waals surface area contributed by atoms with Crippen LogP contribution in [0.3, 0.4) is 0 Å². The molecule has 0 aliphatic carbocycles. The molecule has 0 nitrogen and oxygen atoms in total. The van der Waals surface area contributed by atoms with Crippen LogP contribution in [-0.4, -0.2) is 0 Å². The van der Waals surface area contributed by atoms with Crippen molar-refractivity contribution in [1.82, 2.24) is 0 Å². The van der Waals surface area contributed by atoms with Gasteiger partial charge in [-0.25, -0.2) is 4.39 Å². The van der Waals surface area contributed by atoms with Crippen LogP contribution in [0, 0.1) is 11.9 Å². The van der Waals surface area contributed by atoms with Crippen molar-refractivity contribution in [2.45, 2.75) is 0 Å². The van der Waals surface area contributed by atoms with Crippen molar-refractivity contribution in [3.63, 3.8) is 0 Å². The summed E-state index contributed by atoms with van der Waals surface area (Å²) in [5.74, 6) is -0.209. The molecule has 0 fully saturated rings. The molecule has 0 atom stereocenters. The zero-order chi connectivity index (χ0) is 5.11. The number of rotatable bonds is 0. The Morgan fingerprint density at radius 2 is 2.00 bits per heavy atom. The summed E-state index contributed by atoms with van der Waals surface area (Å²) in [6.07, 6.45) is 0. The molecule has 0 bridgehead atoms. The van der Waals surface area contributed by atoms with Crippen LogP contribution < -0.4 is 0 Å². The van der Waals surface area contributed by atoms with E-state index in [1.807, 2.05) is 0 Å². The third-order valence-electron chi connectivity index (χ3n) is 0.678. The molecular formula is C6H5F+. The van der Waals surface area contributed by atoms with Gasteiger partial charge in [0.1, 0.15) is 5.82 Å². The SMILES string of the molecule is Fc1cc[c]cc1.[H+]. The molecule has 0 spiro atoms.